The lowest BCUT2D eigenvalue weighted by atomic mass is 9.95. The average molecular weight is 575 g/mol. The van der Waals surface area contributed by atoms with Crippen LogP contribution in [0.25, 0.3) is 10.9 Å². The van der Waals surface area contributed by atoms with Gasteiger partial charge in [-0.05, 0) is 61.7 Å². The maximum Gasteiger partial charge on any atom is 0.433 e. The minimum Gasteiger partial charge on any atom is -0.371 e. The first-order valence-corrected chi connectivity index (χ1v) is 13.2. The van der Waals surface area contributed by atoms with Gasteiger partial charge in [0.1, 0.15) is 11.5 Å². The van der Waals surface area contributed by atoms with Crippen molar-refractivity contribution >= 4 is 40.1 Å². The Kier molecular flexibility index (Phi) is 8.20. The topological polar surface area (TPSA) is 57.3 Å². The second-order valence-electron chi connectivity index (χ2n) is 9.31. The molecule has 0 saturated carbocycles. The molecule has 0 bridgehead atoms. The molecule has 0 aliphatic carbocycles. The van der Waals surface area contributed by atoms with Gasteiger partial charge in [-0.25, -0.2) is 9.37 Å². The predicted molar refractivity (Wildman–Crippen MR) is 137 cm³/mol. The fraction of sp³-hybridized carbons (Fsp3) is 0.385. The number of hydrogen-bond donors (Lipinski definition) is 2. The number of carbonyl (C=O) groups is 1. The Labute approximate surface area is 224 Å². The molecule has 1 aliphatic heterocycles. The number of piperidine rings is 1. The van der Waals surface area contributed by atoms with Crippen LogP contribution in [0.3, 0.4) is 0 Å². The number of nitrogens with one attached hydrogen (secondary N) is 2. The predicted octanol–water partition coefficient (Wildman–Crippen LogP) is 7.10. The van der Waals surface area contributed by atoms with E-state index in [9.17, 15) is 35.5 Å². The van der Waals surface area contributed by atoms with Crippen LogP contribution in [0.1, 0.15) is 40.0 Å². The molecule has 1 aromatic heterocycles. The third-order valence-electron chi connectivity index (χ3n) is 6.68. The summed E-state index contributed by atoms with van der Waals surface area (Å²) in [4.78, 5) is 18.0. The Hall–Kier alpha value is -3.22. The molecule has 0 unspecified atom stereocenters. The summed E-state index contributed by atoms with van der Waals surface area (Å²) in [5.41, 5.74) is 0.541. The lowest BCUT2D eigenvalue weighted by Crippen LogP contribution is -2.39. The Bertz CT molecular complexity index is 1370. The zero-order chi connectivity index (χ0) is 28.5. The minimum absolute atomic E-state index is 0.0483. The van der Waals surface area contributed by atoms with E-state index in [0.29, 0.717) is 5.69 Å². The van der Waals surface area contributed by atoms with Crippen molar-refractivity contribution in [3.63, 3.8) is 0 Å². The largest absolute Gasteiger partial charge is 0.433 e. The summed E-state index contributed by atoms with van der Waals surface area (Å²) in [6.45, 7) is 1.45. The summed E-state index contributed by atoms with van der Waals surface area (Å²) in [6.07, 6.45) is -7.87. The fourth-order valence-corrected chi connectivity index (χ4v) is 5.02. The molecule has 0 spiro atoms. The summed E-state index contributed by atoms with van der Waals surface area (Å²) < 4.78 is 97.5. The molecule has 3 aromatic rings. The SMILES string of the molecule is CSNc1cc(F)c(CNC(=O)c2ccc3nc(C(F)(F)F)cc(N4CCC(C(F)(F)F)CC4)c3c2)cc1C. The van der Waals surface area contributed by atoms with Crippen LogP contribution < -0.4 is 14.9 Å². The van der Waals surface area contributed by atoms with Crippen LogP contribution >= 0.6 is 11.9 Å². The number of aryl methyl sites for hydroxylation is 1. The van der Waals surface area contributed by atoms with E-state index in [2.05, 4.69) is 15.0 Å². The molecule has 1 amide bonds. The van der Waals surface area contributed by atoms with Gasteiger partial charge in [-0.3, -0.25) is 4.79 Å². The van der Waals surface area contributed by atoms with Gasteiger partial charge in [0.25, 0.3) is 5.91 Å². The molecule has 39 heavy (non-hydrogen) atoms. The molecule has 2 N–H and O–H groups in total. The molecule has 13 heteroatoms. The second kappa shape index (κ2) is 11.1. The zero-order valence-electron chi connectivity index (χ0n) is 20.9. The summed E-state index contributed by atoms with van der Waals surface area (Å²) >= 11 is 1.31. The first-order valence-electron chi connectivity index (χ1n) is 12.0. The smallest absolute Gasteiger partial charge is 0.371 e. The van der Waals surface area contributed by atoms with Crippen LogP contribution in [-0.4, -0.2) is 36.4 Å². The van der Waals surface area contributed by atoms with Crippen molar-refractivity contribution in [2.45, 2.75) is 38.7 Å². The van der Waals surface area contributed by atoms with Crippen LogP contribution in [0.4, 0.5) is 42.1 Å². The number of aromatic nitrogens is 1. The Morgan fingerprint density at radius 3 is 2.38 bits per heavy atom. The molecule has 2 aromatic carbocycles. The summed E-state index contributed by atoms with van der Waals surface area (Å²) in [5, 5.41) is 2.82. The van der Waals surface area contributed by atoms with Crippen LogP contribution in [0.2, 0.25) is 0 Å². The van der Waals surface area contributed by atoms with Crippen molar-refractivity contribution in [2.75, 3.05) is 29.0 Å². The van der Waals surface area contributed by atoms with Gasteiger partial charge >= 0.3 is 12.4 Å². The fourth-order valence-electron chi connectivity index (χ4n) is 4.58. The molecule has 1 saturated heterocycles. The van der Waals surface area contributed by atoms with Crippen LogP contribution in [0.5, 0.6) is 0 Å². The molecule has 4 rings (SSSR count). The highest BCUT2D eigenvalue weighted by atomic mass is 32.2. The molecule has 1 aliphatic rings. The highest BCUT2D eigenvalue weighted by molar-refractivity contribution is 7.99. The lowest BCUT2D eigenvalue weighted by molar-refractivity contribution is -0.179. The Morgan fingerprint density at radius 1 is 1.08 bits per heavy atom. The number of hydrogen-bond acceptors (Lipinski definition) is 5. The number of halogens is 7. The highest BCUT2D eigenvalue weighted by Crippen LogP contribution is 2.39. The highest BCUT2D eigenvalue weighted by Gasteiger charge is 2.41. The van der Waals surface area contributed by atoms with E-state index in [1.165, 1.54) is 41.1 Å². The monoisotopic (exact) mass is 574 g/mol. The van der Waals surface area contributed by atoms with E-state index < -0.39 is 35.7 Å². The lowest BCUT2D eigenvalue weighted by Gasteiger charge is -2.35. The van der Waals surface area contributed by atoms with Crippen molar-refractivity contribution < 1.29 is 35.5 Å². The van der Waals surface area contributed by atoms with Gasteiger partial charge in [0.2, 0.25) is 0 Å². The van der Waals surface area contributed by atoms with Crippen molar-refractivity contribution in [1.82, 2.24) is 10.3 Å². The van der Waals surface area contributed by atoms with Crippen molar-refractivity contribution in [1.29, 1.82) is 0 Å². The number of pyridine rings is 1. The number of benzene rings is 2. The minimum atomic E-state index is -4.77. The van der Waals surface area contributed by atoms with E-state index in [1.54, 1.807) is 19.2 Å². The van der Waals surface area contributed by atoms with Crippen molar-refractivity contribution in [3.8, 4) is 0 Å². The molecule has 0 atom stereocenters. The number of alkyl halides is 6. The summed E-state index contributed by atoms with van der Waals surface area (Å²) in [5.74, 6) is -2.65. The normalized spacial score (nSPS) is 15.1. The molecule has 5 nitrogen and oxygen atoms in total. The zero-order valence-corrected chi connectivity index (χ0v) is 21.8. The molecule has 1 fully saturated rings. The Balaban J connectivity index is 1.62. The van der Waals surface area contributed by atoms with Gasteiger partial charge in [-0.15, -0.1) is 0 Å². The van der Waals surface area contributed by atoms with Gasteiger partial charge in [-0.2, -0.15) is 26.3 Å². The standard InChI is InChI=1S/C26H25F7N4OS/c1-14-9-16(19(27)11-21(14)36-39-2)13-34-24(38)15-3-4-20-18(10-15)22(12-23(35-20)26(31,32)33)37-7-5-17(6-8-37)25(28,29)30/h3-4,9-12,17,36H,5-8,13H2,1-2H3,(H,34,38). The van der Waals surface area contributed by atoms with Crippen molar-refractivity contribution in [3.05, 3.63) is 64.6 Å². The maximum absolute atomic E-state index is 14.5. The summed E-state index contributed by atoms with van der Waals surface area (Å²) in [7, 11) is 0. The quantitative estimate of drug-likeness (QED) is 0.243. The van der Waals surface area contributed by atoms with Crippen molar-refractivity contribution in [2.24, 2.45) is 5.92 Å². The molecular formula is C26H25F7N4OS. The van der Waals surface area contributed by atoms with E-state index in [1.807, 2.05) is 0 Å². The number of fused-ring (bicyclic) bond motifs is 1. The molecule has 2 heterocycles. The average Bonchev–Trinajstić information content (AvgIpc) is 2.87. The first kappa shape index (κ1) is 28.8. The second-order valence-corrected chi connectivity index (χ2v) is 9.92. The number of rotatable bonds is 6. The summed E-state index contributed by atoms with van der Waals surface area (Å²) in [6, 6.07) is 7.65. The third kappa shape index (κ3) is 6.51. The van der Waals surface area contributed by atoms with Crippen LogP contribution in [0.15, 0.2) is 36.4 Å². The maximum atomic E-state index is 14.5. The van der Waals surface area contributed by atoms with E-state index in [0.717, 1.165) is 11.6 Å². The first-order chi connectivity index (χ1) is 18.3. The number of nitrogens with zero attached hydrogens (tertiary/aromatic N) is 2. The number of anilines is 2. The molecule has 0 radical (unpaired) electrons. The van der Waals surface area contributed by atoms with E-state index >= 15 is 0 Å². The molecule has 210 valence electrons. The van der Waals surface area contributed by atoms with Crippen LogP contribution in [-0.2, 0) is 12.7 Å². The third-order valence-corrected chi connectivity index (χ3v) is 7.11. The molecular weight excluding hydrogens is 549 g/mol. The van der Waals surface area contributed by atoms with E-state index in [-0.39, 0.29) is 60.2 Å². The van der Waals surface area contributed by atoms with Gasteiger partial charge in [-0.1, -0.05) is 11.9 Å². The number of carbonyl (C=O) groups excluding carboxylic acids is 1. The van der Waals surface area contributed by atoms with Gasteiger partial charge in [0.05, 0.1) is 11.4 Å². The van der Waals surface area contributed by atoms with Gasteiger partial charge < -0.3 is 14.9 Å². The van der Waals surface area contributed by atoms with E-state index in [4.69, 9.17) is 0 Å². The van der Waals surface area contributed by atoms with Gasteiger partial charge in [0, 0.05) is 53.8 Å². The van der Waals surface area contributed by atoms with Crippen LogP contribution in [0, 0.1) is 18.7 Å². The van der Waals surface area contributed by atoms with Gasteiger partial charge in [0.15, 0.2) is 0 Å². The number of amides is 1. The Morgan fingerprint density at radius 2 is 1.77 bits per heavy atom.